The Bertz CT molecular complexity index is 1010. The molecule has 0 unspecified atom stereocenters. The van der Waals surface area contributed by atoms with Crippen molar-refractivity contribution in [2.75, 3.05) is 5.32 Å². The van der Waals surface area contributed by atoms with Crippen molar-refractivity contribution < 1.29 is 9.18 Å². The van der Waals surface area contributed by atoms with Crippen molar-refractivity contribution in [2.45, 2.75) is 33.2 Å². The van der Waals surface area contributed by atoms with Gasteiger partial charge < -0.3 is 10.3 Å². The number of H-pyrrole nitrogens is 1. The molecule has 0 fully saturated rings. The van der Waals surface area contributed by atoms with Gasteiger partial charge in [0.2, 0.25) is 5.43 Å². The number of benzene rings is 1. The quantitative estimate of drug-likeness (QED) is 0.763. The zero-order valence-corrected chi connectivity index (χ0v) is 14.3. The summed E-state index contributed by atoms with van der Waals surface area (Å²) in [7, 11) is 0. The Morgan fingerprint density at radius 2 is 2.20 bits per heavy atom. The highest BCUT2D eigenvalue weighted by Gasteiger charge is 2.17. The number of amides is 1. The molecule has 0 saturated carbocycles. The molecule has 7 heteroatoms. The molecule has 2 N–H and O–H groups in total. The van der Waals surface area contributed by atoms with Crippen LogP contribution < -0.4 is 10.7 Å². The van der Waals surface area contributed by atoms with Gasteiger partial charge in [0.15, 0.2) is 0 Å². The van der Waals surface area contributed by atoms with Gasteiger partial charge in [-0.3, -0.25) is 9.59 Å². The predicted octanol–water partition coefficient (Wildman–Crippen LogP) is 3.40. The molecule has 0 aliphatic carbocycles. The molecule has 1 atom stereocenters. The maximum atomic E-state index is 13.6. The van der Waals surface area contributed by atoms with E-state index in [0.717, 1.165) is 12.5 Å². The Labute approximate surface area is 143 Å². The number of anilines is 1. The van der Waals surface area contributed by atoms with Gasteiger partial charge in [-0.25, -0.2) is 9.07 Å². The maximum Gasteiger partial charge on any atom is 0.262 e. The number of nitrogens with zero attached hydrogens (tertiary/aromatic N) is 2. The van der Waals surface area contributed by atoms with Crippen LogP contribution in [0.3, 0.4) is 0 Å². The third kappa shape index (κ3) is 3.05. The van der Waals surface area contributed by atoms with Gasteiger partial charge in [-0.05, 0) is 38.0 Å². The van der Waals surface area contributed by atoms with E-state index in [1.165, 1.54) is 12.3 Å². The van der Waals surface area contributed by atoms with E-state index in [0.29, 0.717) is 16.9 Å². The molecule has 2 aromatic heterocycles. The van der Waals surface area contributed by atoms with Gasteiger partial charge in [0, 0.05) is 17.6 Å². The Morgan fingerprint density at radius 3 is 2.92 bits per heavy atom. The topological polar surface area (TPSA) is 79.8 Å². The van der Waals surface area contributed by atoms with Crippen LogP contribution in [0.5, 0.6) is 0 Å². The van der Waals surface area contributed by atoms with E-state index >= 15 is 0 Å². The lowest BCUT2D eigenvalue weighted by Crippen LogP contribution is -2.24. The Hall–Kier alpha value is -2.96. The Kier molecular flexibility index (Phi) is 4.39. The average Bonchev–Trinajstić information content (AvgIpc) is 3.03. The molecule has 0 aliphatic heterocycles. The van der Waals surface area contributed by atoms with Crippen molar-refractivity contribution in [1.29, 1.82) is 0 Å². The molecular formula is C18H19FN4O2. The van der Waals surface area contributed by atoms with Crippen molar-refractivity contribution in [3.8, 4) is 0 Å². The summed E-state index contributed by atoms with van der Waals surface area (Å²) in [6.45, 7) is 5.70. The zero-order valence-electron chi connectivity index (χ0n) is 14.3. The second-order valence-electron chi connectivity index (χ2n) is 6.05. The molecule has 0 aliphatic rings. The van der Waals surface area contributed by atoms with Crippen molar-refractivity contribution in [3.05, 3.63) is 57.8 Å². The molecule has 0 radical (unpaired) electrons. The van der Waals surface area contributed by atoms with Crippen molar-refractivity contribution in [2.24, 2.45) is 0 Å². The number of carbonyl (C=O) groups excluding carboxylic acids is 1. The van der Waals surface area contributed by atoms with Crippen LogP contribution in [-0.4, -0.2) is 20.7 Å². The zero-order chi connectivity index (χ0) is 18.1. The van der Waals surface area contributed by atoms with Gasteiger partial charge in [-0.2, -0.15) is 5.10 Å². The van der Waals surface area contributed by atoms with Crippen LogP contribution in [-0.2, 0) is 0 Å². The molecule has 25 heavy (non-hydrogen) atoms. The molecule has 1 aromatic carbocycles. The monoisotopic (exact) mass is 342 g/mol. The van der Waals surface area contributed by atoms with Gasteiger partial charge in [0.1, 0.15) is 17.2 Å². The first-order valence-electron chi connectivity index (χ1n) is 8.08. The first kappa shape index (κ1) is 16.9. The molecule has 2 heterocycles. The second kappa shape index (κ2) is 6.51. The van der Waals surface area contributed by atoms with E-state index in [9.17, 15) is 14.0 Å². The lowest BCUT2D eigenvalue weighted by atomic mass is 10.1. The number of aromatic nitrogens is 3. The van der Waals surface area contributed by atoms with Crippen LogP contribution >= 0.6 is 0 Å². The van der Waals surface area contributed by atoms with Gasteiger partial charge in [-0.1, -0.05) is 6.92 Å². The number of aryl methyl sites for hydroxylation is 1. The Balaban J connectivity index is 2.00. The van der Waals surface area contributed by atoms with Crippen molar-refractivity contribution in [1.82, 2.24) is 14.8 Å². The summed E-state index contributed by atoms with van der Waals surface area (Å²) in [5.41, 5.74) is 0.541. The first-order chi connectivity index (χ1) is 11.9. The summed E-state index contributed by atoms with van der Waals surface area (Å²) in [6.07, 6.45) is 3.79. The van der Waals surface area contributed by atoms with E-state index in [2.05, 4.69) is 15.4 Å². The standard InChI is InChI=1S/C18H19FN4O2/c1-4-11(3)23-15(5-6-21-23)22-18(25)14-9-20-16-10(2)7-12(19)8-13(16)17(14)24/h5-9,11H,4H2,1-3H3,(H,20,24)(H,22,25)/t11-/m1/s1. The highest BCUT2D eigenvalue weighted by Crippen LogP contribution is 2.18. The SMILES string of the molecule is CC[C@@H](C)n1nccc1NC(=O)c1c[nH]c2c(C)cc(F)cc2c1=O. The fourth-order valence-electron chi connectivity index (χ4n) is 2.76. The summed E-state index contributed by atoms with van der Waals surface area (Å²) >= 11 is 0. The fraction of sp³-hybridized carbons (Fsp3) is 0.278. The van der Waals surface area contributed by atoms with Crippen LogP contribution in [0, 0.1) is 12.7 Å². The lowest BCUT2D eigenvalue weighted by molar-refractivity contribution is 0.102. The normalized spacial score (nSPS) is 12.3. The number of hydrogen-bond acceptors (Lipinski definition) is 3. The summed E-state index contributed by atoms with van der Waals surface area (Å²) in [5, 5.41) is 7.05. The molecule has 3 aromatic rings. The summed E-state index contributed by atoms with van der Waals surface area (Å²) in [5.74, 6) is -0.563. The summed E-state index contributed by atoms with van der Waals surface area (Å²) in [4.78, 5) is 28.1. The van der Waals surface area contributed by atoms with E-state index < -0.39 is 17.2 Å². The van der Waals surface area contributed by atoms with Crippen molar-refractivity contribution in [3.63, 3.8) is 0 Å². The molecule has 3 rings (SSSR count). The van der Waals surface area contributed by atoms with E-state index in [1.54, 1.807) is 23.9 Å². The lowest BCUT2D eigenvalue weighted by Gasteiger charge is -2.14. The van der Waals surface area contributed by atoms with Crippen LogP contribution in [0.15, 0.2) is 35.4 Å². The van der Waals surface area contributed by atoms with E-state index in [4.69, 9.17) is 0 Å². The number of carbonyl (C=O) groups is 1. The van der Waals surface area contributed by atoms with Crippen LogP contribution in [0.1, 0.15) is 42.2 Å². The number of rotatable bonds is 4. The van der Waals surface area contributed by atoms with Crippen LogP contribution in [0.25, 0.3) is 10.9 Å². The highest BCUT2D eigenvalue weighted by atomic mass is 19.1. The van der Waals surface area contributed by atoms with Gasteiger partial charge >= 0.3 is 0 Å². The first-order valence-corrected chi connectivity index (χ1v) is 8.08. The van der Waals surface area contributed by atoms with E-state index in [1.807, 2.05) is 13.8 Å². The largest absolute Gasteiger partial charge is 0.360 e. The Morgan fingerprint density at radius 1 is 1.44 bits per heavy atom. The number of fused-ring (bicyclic) bond motifs is 1. The highest BCUT2D eigenvalue weighted by molar-refractivity contribution is 6.05. The summed E-state index contributed by atoms with van der Waals surface area (Å²) in [6, 6.07) is 4.25. The van der Waals surface area contributed by atoms with E-state index in [-0.39, 0.29) is 17.0 Å². The molecule has 6 nitrogen and oxygen atoms in total. The molecule has 1 amide bonds. The number of nitrogens with one attached hydrogen (secondary N) is 2. The molecule has 130 valence electrons. The van der Waals surface area contributed by atoms with Crippen molar-refractivity contribution >= 4 is 22.6 Å². The fourth-order valence-corrected chi connectivity index (χ4v) is 2.76. The molecular weight excluding hydrogens is 323 g/mol. The third-order valence-electron chi connectivity index (χ3n) is 4.32. The van der Waals surface area contributed by atoms with Crippen LogP contribution in [0.4, 0.5) is 10.2 Å². The number of pyridine rings is 1. The molecule has 0 saturated heterocycles. The second-order valence-corrected chi connectivity index (χ2v) is 6.05. The minimum atomic E-state index is -0.560. The van der Waals surface area contributed by atoms with Gasteiger partial charge in [-0.15, -0.1) is 0 Å². The smallest absolute Gasteiger partial charge is 0.262 e. The minimum Gasteiger partial charge on any atom is -0.360 e. The predicted molar refractivity (Wildman–Crippen MR) is 94.4 cm³/mol. The molecule has 0 spiro atoms. The maximum absolute atomic E-state index is 13.6. The number of halogens is 1. The number of aromatic amines is 1. The molecule has 0 bridgehead atoms. The van der Waals surface area contributed by atoms with Gasteiger partial charge in [0.05, 0.1) is 17.8 Å². The summed E-state index contributed by atoms with van der Waals surface area (Å²) < 4.78 is 15.3. The third-order valence-corrected chi connectivity index (χ3v) is 4.32. The van der Waals surface area contributed by atoms with Crippen LogP contribution in [0.2, 0.25) is 0 Å². The minimum absolute atomic E-state index is 0.0746. The average molecular weight is 342 g/mol. The number of hydrogen-bond donors (Lipinski definition) is 2. The van der Waals surface area contributed by atoms with Gasteiger partial charge in [0.25, 0.3) is 5.91 Å².